The first-order chi connectivity index (χ1) is 13.0. The van der Waals surface area contributed by atoms with Gasteiger partial charge in [-0.3, -0.25) is 14.2 Å². The van der Waals surface area contributed by atoms with Crippen LogP contribution in [-0.2, 0) is 22.5 Å². The van der Waals surface area contributed by atoms with Crippen LogP contribution in [0.5, 0.6) is 0 Å². The largest absolute Gasteiger partial charge is 0.469 e. The van der Waals surface area contributed by atoms with Crippen LogP contribution in [0.25, 0.3) is 5.00 Å². The predicted octanol–water partition coefficient (Wildman–Crippen LogP) is 2.70. The molecule has 7 nitrogen and oxygen atoms in total. The number of benzene rings is 1. The lowest BCUT2D eigenvalue weighted by Gasteiger charge is -2.09. The molecule has 2 N–H and O–H groups in total. The van der Waals surface area contributed by atoms with Gasteiger partial charge in [0.05, 0.1) is 30.7 Å². The van der Waals surface area contributed by atoms with Crippen LogP contribution in [0.15, 0.2) is 30.3 Å². The van der Waals surface area contributed by atoms with Crippen molar-refractivity contribution in [3.8, 4) is 5.00 Å². The molecule has 0 radical (unpaired) electrons. The summed E-state index contributed by atoms with van der Waals surface area (Å²) in [6, 6.07) is 8.51. The van der Waals surface area contributed by atoms with E-state index in [9.17, 15) is 9.59 Å². The first-order valence-electron chi connectivity index (χ1n) is 8.06. The van der Waals surface area contributed by atoms with E-state index in [1.165, 1.54) is 18.4 Å². The molecule has 0 saturated heterocycles. The Kier molecular flexibility index (Phi) is 5.69. The second kappa shape index (κ2) is 7.99. The molecule has 0 spiro atoms. The highest BCUT2D eigenvalue weighted by molar-refractivity contribution is 7.15. The first kappa shape index (κ1) is 19.2. The molecule has 0 aliphatic heterocycles. The summed E-state index contributed by atoms with van der Waals surface area (Å²) in [6.07, 6.45) is 0.0586. The molecule has 0 unspecified atom stereocenters. The number of hydrogen-bond acceptors (Lipinski definition) is 7. The van der Waals surface area contributed by atoms with Gasteiger partial charge in [-0.2, -0.15) is 0 Å². The zero-order chi connectivity index (χ0) is 19.6. The number of aromatic nitrogens is 3. The molecule has 0 aliphatic rings. The maximum atomic E-state index is 13.2. The van der Waals surface area contributed by atoms with Crippen molar-refractivity contribution >= 4 is 34.7 Å². The molecule has 2 aromatic heterocycles. The molecule has 1 aromatic carbocycles. The number of hydrogen-bond donors (Lipinski definition) is 1. The number of carbonyl (C=O) groups excluding carboxylic acids is 2. The smallest absolute Gasteiger partial charge is 0.310 e. The summed E-state index contributed by atoms with van der Waals surface area (Å²) in [4.78, 5) is 25.6. The van der Waals surface area contributed by atoms with Gasteiger partial charge in [-0.05, 0) is 25.1 Å². The Labute approximate surface area is 164 Å². The number of nitrogens with zero attached hydrogens (tertiary/aromatic N) is 3. The van der Waals surface area contributed by atoms with Gasteiger partial charge in [0.2, 0.25) is 0 Å². The molecule has 3 rings (SSSR count). The van der Waals surface area contributed by atoms with Crippen LogP contribution < -0.4 is 5.73 Å². The minimum atomic E-state index is -0.390. The molecular formula is C18H17ClN4O3S. The number of aryl methyl sites for hydroxylation is 1. The van der Waals surface area contributed by atoms with Crippen molar-refractivity contribution in [2.24, 2.45) is 5.73 Å². The molecule has 0 saturated carbocycles. The van der Waals surface area contributed by atoms with Crippen molar-refractivity contribution in [1.82, 2.24) is 14.8 Å². The minimum absolute atomic E-state index is 0.0586. The fourth-order valence-corrected chi connectivity index (χ4v) is 4.08. The lowest BCUT2D eigenvalue weighted by molar-refractivity contribution is -0.139. The zero-order valence-electron chi connectivity index (χ0n) is 14.7. The Balaban J connectivity index is 2.17. The summed E-state index contributed by atoms with van der Waals surface area (Å²) in [5.74, 6) is 0.473. The van der Waals surface area contributed by atoms with Gasteiger partial charge >= 0.3 is 5.97 Å². The highest BCUT2D eigenvalue weighted by Gasteiger charge is 2.24. The highest BCUT2D eigenvalue weighted by atomic mass is 35.5. The van der Waals surface area contributed by atoms with E-state index in [0.29, 0.717) is 37.7 Å². The van der Waals surface area contributed by atoms with E-state index in [-0.39, 0.29) is 24.7 Å². The standard InChI is InChI=1S/C18H17ClN4O3S/c1-10-21-22-15(9-20)23(10)18-13(7-11(27-18)8-16(24)26-2)17(25)12-5-3-4-6-14(12)19/h3-7H,8-9,20H2,1-2H3. The van der Waals surface area contributed by atoms with E-state index in [2.05, 4.69) is 10.2 Å². The van der Waals surface area contributed by atoms with Gasteiger partial charge in [-0.15, -0.1) is 21.5 Å². The van der Waals surface area contributed by atoms with Crippen molar-refractivity contribution in [2.75, 3.05) is 7.11 Å². The van der Waals surface area contributed by atoms with Crippen molar-refractivity contribution in [2.45, 2.75) is 19.9 Å². The fraction of sp³-hybridized carbons (Fsp3) is 0.222. The summed E-state index contributed by atoms with van der Waals surface area (Å²) in [7, 11) is 1.32. The summed E-state index contributed by atoms with van der Waals surface area (Å²) < 4.78 is 6.47. The molecule has 0 fully saturated rings. The molecule has 9 heteroatoms. The maximum Gasteiger partial charge on any atom is 0.310 e. The van der Waals surface area contributed by atoms with Gasteiger partial charge in [0.25, 0.3) is 0 Å². The number of thiophene rings is 1. The number of halogens is 1. The van der Waals surface area contributed by atoms with Crippen LogP contribution in [-0.4, -0.2) is 33.6 Å². The number of carbonyl (C=O) groups is 2. The van der Waals surface area contributed by atoms with Crippen LogP contribution in [0.4, 0.5) is 0 Å². The number of ether oxygens (including phenoxy) is 1. The molecule has 0 bridgehead atoms. The maximum absolute atomic E-state index is 13.2. The van der Waals surface area contributed by atoms with E-state index in [1.807, 2.05) is 0 Å². The molecule has 0 amide bonds. The summed E-state index contributed by atoms with van der Waals surface area (Å²) in [5, 5.41) is 9.06. The van der Waals surface area contributed by atoms with Crippen LogP contribution >= 0.6 is 22.9 Å². The van der Waals surface area contributed by atoms with Crippen LogP contribution in [0.3, 0.4) is 0 Å². The summed E-state index contributed by atoms with van der Waals surface area (Å²) in [6.45, 7) is 1.93. The number of rotatable bonds is 6. The monoisotopic (exact) mass is 404 g/mol. The number of ketones is 1. The van der Waals surface area contributed by atoms with Gasteiger partial charge in [0.15, 0.2) is 11.6 Å². The minimum Gasteiger partial charge on any atom is -0.469 e. The molecule has 0 atom stereocenters. The van der Waals surface area contributed by atoms with Crippen LogP contribution in [0.1, 0.15) is 32.4 Å². The summed E-state index contributed by atoms with van der Waals surface area (Å²) in [5.41, 5.74) is 6.56. The van der Waals surface area contributed by atoms with E-state index in [1.54, 1.807) is 41.8 Å². The van der Waals surface area contributed by atoms with Crippen molar-refractivity contribution in [3.05, 3.63) is 63.0 Å². The molecular weight excluding hydrogens is 388 g/mol. The lowest BCUT2D eigenvalue weighted by Crippen LogP contribution is -2.11. The third-order valence-corrected chi connectivity index (χ3v) is 5.40. The van der Waals surface area contributed by atoms with Gasteiger partial charge in [0.1, 0.15) is 10.8 Å². The second-order valence-corrected chi connectivity index (χ2v) is 7.22. The van der Waals surface area contributed by atoms with Crippen LogP contribution in [0, 0.1) is 6.92 Å². The van der Waals surface area contributed by atoms with Crippen LogP contribution in [0.2, 0.25) is 5.02 Å². The van der Waals surface area contributed by atoms with Gasteiger partial charge in [-0.25, -0.2) is 0 Å². The molecule has 2 heterocycles. The Hall–Kier alpha value is -2.55. The SMILES string of the molecule is COC(=O)Cc1cc(C(=O)c2ccccc2Cl)c(-n2c(C)nnc2CN)s1. The Morgan fingerprint density at radius 2 is 2.00 bits per heavy atom. The van der Waals surface area contributed by atoms with E-state index in [0.717, 1.165) is 0 Å². The molecule has 3 aromatic rings. The van der Waals surface area contributed by atoms with E-state index in [4.69, 9.17) is 22.1 Å². The quantitative estimate of drug-likeness (QED) is 0.500. The second-order valence-electron chi connectivity index (χ2n) is 5.70. The van der Waals surface area contributed by atoms with E-state index >= 15 is 0 Å². The third kappa shape index (κ3) is 3.78. The Morgan fingerprint density at radius 1 is 1.26 bits per heavy atom. The number of methoxy groups -OCH3 is 1. The zero-order valence-corrected chi connectivity index (χ0v) is 16.3. The Morgan fingerprint density at radius 3 is 2.67 bits per heavy atom. The number of esters is 1. The van der Waals surface area contributed by atoms with Gasteiger partial charge in [0, 0.05) is 10.4 Å². The van der Waals surface area contributed by atoms with Crippen molar-refractivity contribution in [3.63, 3.8) is 0 Å². The van der Waals surface area contributed by atoms with Gasteiger partial charge < -0.3 is 10.5 Å². The van der Waals surface area contributed by atoms with Crippen molar-refractivity contribution < 1.29 is 14.3 Å². The summed E-state index contributed by atoms with van der Waals surface area (Å²) >= 11 is 7.50. The molecule has 27 heavy (non-hydrogen) atoms. The number of nitrogens with two attached hydrogens (primary N) is 1. The van der Waals surface area contributed by atoms with Crippen molar-refractivity contribution in [1.29, 1.82) is 0 Å². The third-order valence-electron chi connectivity index (χ3n) is 3.95. The topological polar surface area (TPSA) is 100 Å². The average Bonchev–Trinajstić information content (AvgIpc) is 3.24. The molecule has 0 aliphatic carbocycles. The fourth-order valence-electron chi connectivity index (χ4n) is 2.65. The Bertz CT molecular complexity index is 1010. The van der Waals surface area contributed by atoms with Gasteiger partial charge in [-0.1, -0.05) is 23.7 Å². The predicted molar refractivity (Wildman–Crippen MR) is 102 cm³/mol. The average molecular weight is 405 g/mol. The first-order valence-corrected chi connectivity index (χ1v) is 9.25. The van der Waals surface area contributed by atoms with E-state index < -0.39 is 0 Å². The normalized spacial score (nSPS) is 10.8. The molecule has 140 valence electrons. The lowest BCUT2D eigenvalue weighted by atomic mass is 10.0. The highest BCUT2D eigenvalue weighted by Crippen LogP contribution is 2.32.